The number of carbonyl (C=O) groups excluding carboxylic acids is 1. The number of amides is 1. The third-order valence-electron chi connectivity index (χ3n) is 5.07. The van der Waals surface area contributed by atoms with E-state index in [4.69, 9.17) is 13.9 Å². The molecule has 1 aromatic heterocycles. The highest BCUT2D eigenvalue weighted by molar-refractivity contribution is 6.02. The summed E-state index contributed by atoms with van der Waals surface area (Å²) in [5.41, 5.74) is -0.430. The molecule has 0 unspecified atom stereocenters. The lowest BCUT2D eigenvalue weighted by atomic mass is 10.2. The van der Waals surface area contributed by atoms with E-state index in [1.807, 2.05) is 0 Å². The molecule has 0 saturated carbocycles. The van der Waals surface area contributed by atoms with Crippen molar-refractivity contribution in [1.29, 1.82) is 0 Å². The summed E-state index contributed by atoms with van der Waals surface area (Å²) in [6.45, 7) is -0.789. The van der Waals surface area contributed by atoms with Crippen LogP contribution in [-0.2, 0) is 6.61 Å². The topological polar surface area (TPSA) is 113 Å². The van der Waals surface area contributed by atoms with E-state index in [0.29, 0.717) is 11.5 Å². The van der Waals surface area contributed by atoms with Crippen LogP contribution in [0, 0.1) is 39.2 Å². The molecule has 0 radical (unpaired) electrons. The molecule has 4 rings (SSSR count). The van der Waals surface area contributed by atoms with Crippen LogP contribution >= 0.6 is 0 Å². The van der Waals surface area contributed by atoms with Crippen molar-refractivity contribution in [3.8, 4) is 23.0 Å². The predicted molar refractivity (Wildman–Crippen MR) is 123 cm³/mol. The number of anilines is 1. The minimum absolute atomic E-state index is 0.0287. The SMILES string of the molecule is COc1ccc(Oc2cc(NC(=O)c3ccc(COc4c(F)c(F)c(F)c(F)c4F)o3)cc([N+](=O)[O-])c2)cc1. The monoisotopic (exact) mass is 550 g/mol. The van der Waals surface area contributed by atoms with E-state index in [-0.39, 0.29) is 23.0 Å². The molecule has 202 valence electrons. The van der Waals surface area contributed by atoms with Gasteiger partial charge in [0.1, 0.15) is 29.6 Å². The first-order valence-corrected chi connectivity index (χ1v) is 10.7. The molecular weight excluding hydrogens is 535 g/mol. The van der Waals surface area contributed by atoms with Crippen LogP contribution in [0.15, 0.2) is 59.0 Å². The van der Waals surface area contributed by atoms with Gasteiger partial charge in [-0.1, -0.05) is 0 Å². The normalized spacial score (nSPS) is 10.7. The smallest absolute Gasteiger partial charge is 0.291 e. The average molecular weight is 550 g/mol. The average Bonchev–Trinajstić information content (AvgIpc) is 3.40. The number of halogens is 5. The standard InChI is InChI=1S/C25H15F5N2O7/c1-36-14-2-4-15(5-3-14)38-17-9-12(8-13(10-17)32(34)35)31-25(33)18-7-6-16(39-18)11-37-24-22(29)20(27)19(26)21(28)23(24)30/h2-10H,11H2,1H3,(H,31,33). The van der Waals surface area contributed by atoms with Gasteiger partial charge in [-0.05, 0) is 36.4 Å². The summed E-state index contributed by atoms with van der Waals surface area (Å²) in [6.07, 6.45) is 0. The Kier molecular flexibility index (Phi) is 7.65. The van der Waals surface area contributed by atoms with E-state index in [2.05, 4.69) is 10.1 Å². The van der Waals surface area contributed by atoms with Gasteiger partial charge in [-0.25, -0.2) is 13.2 Å². The number of ether oxygens (including phenoxy) is 3. The van der Waals surface area contributed by atoms with Gasteiger partial charge in [0.15, 0.2) is 11.5 Å². The molecule has 14 heteroatoms. The zero-order valence-corrected chi connectivity index (χ0v) is 19.6. The summed E-state index contributed by atoms with van der Waals surface area (Å²) < 4.78 is 87.9. The van der Waals surface area contributed by atoms with Crippen molar-refractivity contribution in [3.63, 3.8) is 0 Å². The van der Waals surface area contributed by atoms with Gasteiger partial charge in [0, 0.05) is 12.1 Å². The van der Waals surface area contributed by atoms with Gasteiger partial charge in [0.25, 0.3) is 11.6 Å². The molecule has 3 aromatic carbocycles. The minimum atomic E-state index is -2.34. The van der Waals surface area contributed by atoms with Gasteiger partial charge in [-0.3, -0.25) is 14.9 Å². The molecule has 4 aromatic rings. The van der Waals surface area contributed by atoms with Crippen molar-refractivity contribution in [2.45, 2.75) is 6.61 Å². The third kappa shape index (κ3) is 5.89. The van der Waals surface area contributed by atoms with Crippen LogP contribution < -0.4 is 19.5 Å². The number of nitrogens with one attached hydrogen (secondary N) is 1. The summed E-state index contributed by atoms with van der Waals surface area (Å²) in [5.74, 6) is -13.1. The number of methoxy groups -OCH3 is 1. The maximum absolute atomic E-state index is 13.8. The summed E-state index contributed by atoms with van der Waals surface area (Å²) in [5, 5.41) is 13.8. The van der Waals surface area contributed by atoms with E-state index in [1.165, 1.54) is 13.2 Å². The first-order chi connectivity index (χ1) is 18.6. The zero-order chi connectivity index (χ0) is 28.3. The van der Waals surface area contributed by atoms with Crippen LogP contribution in [0.25, 0.3) is 0 Å². The summed E-state index contributed by atoms with van der Waals surface area (Å²) in [4.78, 5) is 23.3. The number of hydrogen-bond acceptors (Lipinski definition) is 7. The highest BCUT2D eigenvalue weighted by Crippen LogP contribution is 2.32. The van der Waals surface area contributed by atoms with Crippen molar-refractivity contribution in [3.05, 3.63) is 105 Å². The molecule has 1 N–H and O–H groups in total. The maximum atomic E-state index is 13.8. The second kappa shape index (κ2) is 11.1. The number of non-ortho nitro benzene ring substituents is 1. The second-order valence-electron chi connectivity index (χ2n) is 7.66. The summed E-state index contributed by atoms with van der Waals surface area (Å²) >= 11 is 0. The van der Waals surface area contributed by atoms with Gasteiger partial charge in [0.2, 0.25) is 29.1 Å². The largest absolute Gasteiger partial charge is 0.497 e. The number of hydrogen-bond donors (Lipinski definition) is 1. The van der Waals surface area contributed by atoms with Crippen LogP contribution in [0.2, 0.25) is 0 Å². The van der Waals surface area contributed by atoms with Crippen LogP contribution in [0.5, 0.6) is 23.0 Å². The number of nitrogens with zero attached hydrogens (tertiary/aromatic N) is 1. The Morgan fingerprint density at radius 1 is 0.872 bits per heavy atom. The molecule has 9 nitrogen and oxygen atoms in total. The highest BCUT2D eigenvalue weighted by atomic mass is 19.2. The molecule has 0 spiro atoms. The van der Waals surface area contributed by atoms with E-state index in [0.717, 1.165) is 24.3 Å². The quantitative estimate of drug-likeness (QED) is 0.0831. The molecule has 1 heterocycles. The van der Waals surface area contributed by atoms with Crippen LogP contribution in [-0.4, -0.2) is 17.9 Å². The lowest BCUT2D eigenvalue weighted by Gasteiger charge is -2.10. The van der Waals surface area contributed by atoms with Crippen LogP contribution in [0.3, 0.4) is 0 Å². The van der Waals surface area contributed by atoms with Crippen molar-refractivity contribution in [2.24, 2.45) is 0 Å². The Morgan fingerprint density at radius 3 is 2.10 bits per heavy atom. The fourth-order valence-electron chi connectivity index (χ4n) is 3.22. The number of benzene rings is 3. The minimum Gasteiger partial charge on any atom is -0.497 e. The fourth-order valence-corrected chi connectivity index (χ4v) is 3.22. The van der Waals surface area contributed by atoms with Gasteiger partial charge in [-0.2, -0.15) is 8.78 Å². The Bertz CT molecular complexity index is 1530. The number of furan rings is 1. The molecule has 0 bridgehead atoms. The summed E-state index contributed by atoms with van der Waals surface area (Å²) in [7, 11) is 1.48. The molecule has 0 aliphatic rings. The fraction of sp³-hybridized carbons (Fsp3) is 0.0800. The Hall–Kier alpha value is -5.14. The first kappa shape index (κ1) is 26.9. The molecule has 0 atom stereocenters. The molecule has 0 aliphatic carbocycles. The van der Waals surface area contributed by atoms with Gasteiger partial charge < -0.3 is 23.9 Å². The summed E-state index contributed by atoms with van der Waals surface area (Å²) in [6, 6.07) is 12.2. The molecular formula is C25H15F5N2O7. The molecule has 1 amide bonds. The van der Waals surface area contributed by atoms with Crippen molar-refractivity contribution in [1.82, 2.24) is 0 Å². The number of carbonyl (C=O) groups is 1. The van der Waals surface area contributed by atoms with Crippen molar-refractivity contribution in [2.75, 3.05) is 12.4 Å². The second-order valence-corrected chi connectivity index (χ2v) is 7.66. The van der Waals surface area contributed by atoms with Crippen LogP contribution in [0.4, 0.5) is 33.3 Å². The molecule has 0 aliphatic heterocycles. The lowest BCUT2D eigenvalue weighted by molar-refractivity contribution is -0.384. The van der Waals surface area contributed by atoms with Crippen molar-refractivity contribution >= 4 is 17.3 Å². The Balaban J connectivity index is 1.48. The van der Waals surface area contributed by atoms with Gasteiger partial charge >= 0.3 is 0 Å². The molecule has 0 saturated heterocycles. The Morgan fingerprint density at radius 2 is 1.49 bits per heavy atom. The van der Waals surface area contributed by atoms with Gasteiger partial charge in [-0.15, -0.1) is 0 Å². The molecule has 39 heavy (non-hydrogen) atoms. The maximum Gasteiger partial charge on any atom is 0.291 e. The van der Waals surface area contributed by atoms with Crippen molar-refractivity contribution < 1.29 is 50.3 Å². The number of nitro groups is 1. The molecule has 0 fully saturated rings. The van der Waals surface area contributed by atoms with E-state index < -0.39 is 58.0 Å². The Labute approximate surface area is 215 Å². The van der Waals surface area contributed by atoms with E-state index in [9.17, 15) is 36.9 Å². The van der Waals surface area contributed by atoms with Crippen LogP contribution in [0.1, 0.15) is 16.3 Å². The first-order valence-electron chi connectivity index (χ1n) is 10.7. The van der Waals surface area contributed by atoms with E-state index >= 15 is 0 Å². The van der Waals surface area contributed by atoms with Gasteiger partial charge in [0.05, 0.1) is 23.8 Å². The zero-order valence-electron chi connectivity index (χ0n) is 19.6. The number of nitro benzene ring substituents is 1. The number of rotatable bonds is 9. The van der Waals surface area contributed by atoms with E-state index in [1.54, 1.807) is 24.3 Å². The third-order valence-corrected chi connectivity index (χ3v) is 5.07. The highest BCUT2D eigenvalue weighted by Gasteiger charge is 2.27. The lowest BCUT2D eigenvalue weighted by Crippen LogP contribution is -2.11. The predicted octanol–water partition coefficient (Wildman–Crippen LogP) is 6.52.